The van der Waals surface area contributed by atoms with Crippen molar-refractivity contribution in [3.05, 3.63) is 92.4 Å². The number of carbonyl (C=O) groups excluding carboxylic acids is 3. The molecule has 2 N–H and O–H groups in total. The zero-order chi connectivity index (χ0) is 29.0. The highest BCUT2D eigenvalue weighted by Gasteiger charge is 2.52. The Morgan fingerprint density at radius 1 is 0.923 bits per heavy atom. The maximum absolute atomic E-state index is 13.1. The fourth-order valence-corrected chi connectivity index (χ4v) is 3.94. The predicted molar refractivity (Wildman–Crippen MR) is 146 cm³/mol. The Bertz CT molecular complexity index is 1390. The van der Waals surface area contributed by atoms with E-state index < -0.39 is 23.4 Å². The van der Waals surface area contributed by atoms with Crippen LogP contribution in [0.1, 0.15) is 45.7 Å². The molecule has 0 saturated carbocycles. The Labute approximate surface area is 237 Å². The third-order valence-corrected chi connectivity index (χ3v) is 6.90. The van der Waals surface area contributed by atoms with Crippen LogP contribution < -0.4 is 15.4 Å². The van der Waals surface area contributed by atoms with E-state index in [4.69, 9.17) is 16.3 Å². The normalized spacial score (nSPS) is 11.6. The van der Waals surface area contributed by atoms with Crippen molar-refractivity contribution in [2.75, 3.05) is 12.4 Å². The highest BCUT2D eigenvalue weighted by Crippen LogP contribution is 2.37. The number of benzene rings is 3. The fourth-order valence-electron chi connectivity index (χ4n) is 3.47. The zero-order valence-corrected chi connectivity index (χ0v) is 23.6. The van der Waals surface area contributed by atoms with Crippen LogP contribution in [0.3, 0.4) is 0 Å². The van der Waals surface area contributed by atoms with Crippen LogP contribution in [0.25, 0.3) is 0 Å². The van der Waals surface area contributed by atoms with Gasteiger partial charge in [-0.25, -0.2) is 0 Å². The molecule has 11 heteroatoms. The summed E-state index contributed by atoms with van der Waals surface area (Å²) in [5.74, 6) is -1.69. The van der Waals surface area contributed by atoms with Gasteiger partial charge in [0.2, 0.25) is 5.91 Å². The van der Waals surface area contributed by atoms with Gasteiger partial charge in [-0.15, -0.1) is 0 Å². The minimum Gasteiger partial charge on any atom is -0.496 e. The summed E-state index contributed by atoms with van der Waals surface area (Å²) >= 11 is 9.57. The number of anilines is 1. The molecule has 0 unspecified atom stereocenters. The molecule has 0 aliphatic heterocycles. The summed E-state index contributed by atoms with van der Waals surface area (Å²) in [6.07, 6.45) is -4.61. The summed E-state index contributed by atoms with van der Waals surface area (Å²) in [6, 6.07) is 16.2. The van der Waals surface area contributed by atoms with Crippen molar-refractivity contribution in [3.63, 3.8) is 0 Å². The quantitative estimate of drug-likeness (QED) is 0.251. The second-order valence-electron chi connectivity index (χ2n) is 9.22. The van der Waals surface area contributed by atoms with Gasteiger partial charge in [-0.1, -0.05) is 45.7 Å². The number of nitrogens with one attached hydrogen (secondary N) is 2. The van der Waals surface area contributed by atoms with Crippen LogP contribution >= 0.6 is 27.5 Å². The van der Waals surface area contributed by atoms with Crippen LogP contribution in [0.5, 0.6) is 5.75 Å². The minimum atomic E-state index is -4.72. The molecule has 3 aromatic carbocycles. The molecule has 0 aliphatic carbocycles. The highest BCUT2D eigenvalue weighted by atomic mass is 79.9. The molecule has 6 nitrogen and oxygen atoms in total. The molecule has 0 aromatic heterocycles. The molecule has 3 rings (SSSR count). The monoisotopic (exact) mass is 624 g/mol. The number of rotatable bonds is 9. The maximum atomic E-state index is 13.1. The number of carbonyl (C=O) groups is 3. The predicted octanol–water partition coefficient (Wildman–Crippen LogP) is 6.99. The van der Waals surface area contributed by atoms with E-state index in [1.807, 2.05) is 24.3 Å². The van der Waals surface area contributed by atoms with Crippen LogP contribution in [-0.2, 0) is 17.8 Å². The van der Waals surface area contributed by atoms with E-state index in [-0.39, 0.29) is 34.9 Å². The lowest BCUT2D eigenvalue weighted by atomic mass is 9.91. The SMILES string of the molecule is COc1ccc(NC(=O)c2cc(CNC(=O)C(C)(C)C(F)(F)F)ccc2Cl)cc1C(=O)Cc1ccc(Br)cc1. The smallest absolute Gasteiger partial charge is 0.402 e. The van der Waals surface area contributed by atoms with Crippen molar-refractivity contribution in [1.29, 1.82) is 0 Å². The Morgan fingerprint density at radius 2 is 1.56 bits per heavy atom. The van der Waals surface area contributed by atoms with Crippen molar-refractivity contribution < 1.29 is 32.3 Å². The summed E-state index contributed by atoms with van der Waals surface area (Å²) in [5, 5.41) is 5.02. The number of alkyl halides is 3. The molecule has 39 heavy (non-hydrogen) atoms. The van der Waals surface area contributed by atoms with Gasteiger partial charge in [-0.2, -0.15) is 13.2 Å². The number of methoxy groups -OCH3 is 1. The molecular weight excluding hydrogens is 601 g/mol. The van der Waals surface area contributed by atoms with Crippen molar-refractivity contribution >= 4 is 50.8 Å². The van der Waals surface area contributed by atoms with Crippen molar-refractivity contribution in [2.24, 2.45) is 5.41 Å². The summed E-state index contributed by atoms with van der Waals surface area (Å²) in [5.41, 5.74) is -0.794. The first-order valence-electron chi connectivity index (χ1n) is 11.6. The first-order valence-corrected chi connectivity index (χ1v) is 12.8. The number of hydrogen-bond acceptors (Lipinski definition) is 4. The fraction of sp³-hybridized carbons (Fsp3) is 0.250. The second-order valence-corrected chi connectivity index (χ2v) is 10.5. The lowest BCUT2D eigenvalue weighted by molar-refractivity contribution is -0.211. The summed E-state index contributed by atoms with van der Waals surface area (Å²) in [7, 11) is 1.43. The van der Waals surface area contributed by atoms with Gasteiger partial charge in [-0.05, 0) is 67.4 Å². The molecule has 0 heterocycles. The molecule has 0 bridgehead atoms. The van der Waals surface area contributed by atoms with Crippen molar-refractivity contribution in [3.8, 4) is 5.75 Å². The Kier molecular flexibility index (Phi) is 9.45. The molecule has 3 aromatic rings. The third-order valence-electron chi connectivity index (χ3n) is 6.04. The van der Waals surface area contributed by atoms with Gasteiger partial charge < -0.3 is 15.4 Å². The van der Waals surface area contributed by atoms with E-state index in [9.17, 15) is 27.6 Å². The number of amides is 2. The van der Waals surface area contributed by atoms with E-state index in [0.29, 0.717) is 17.0 Å². The lowest BCUT2D eigenvalue weighted by Crippen LogP contribution is -2.46. The summed E-state index contributed by atoms with van der Waals surface area (Å²) in [4.78, 5) is 38.1. The Morgan fingerprint density at radius 3 is 2.18 bits per heavy atom. The van der Waals surface area contributed by atoms with Crippen LogP contribution in [0.4, 0.5) is 18.9 Å². The molecule has 0 spiro atoms. The molecule has 0 radical (unpaired) electrons. The molecular formula is C28H25BrClF3N2O4. The molecule has 0 fully saturated rings. The van der Waals surface area contributed by atoms with Gasteiger partial charge in [0.15, 0.2) is 5.78 Å². The minimum absolute atomic E-state index is 0.0389. The van der Waals surface area contributed by atoms with Gasteiger partial charge in [0.05, 0.1) is 23.3 Å². The summed E-state index contributed by atoms with van der Waals surface area (Å²) in [6.45, 7) is 1.33. The number of ketones is 1. The van der Waals surface area contributed by atoms with Crippen molar-refractivity contribution in [1.82, 2.24) is 5.32 Å². The number of hydrogen-bond donors (Lipinski definition) is 2. The van der Waals surface area contributed by atoms with E-state index in [0.717, 1.165) is 23.9 Å². The van der Waals surface area contributed by atoms with Gasteiger partial charge in [0.1, 0.15) is 11.2 Å². The van der Waals surface area contributed by atoms with Crippen LogP contribution in [-0.4, -0.2) is 30.9 Å². The largest absolute Gasteiger partial charge is 0.496 e. The maximum Gasteiger partial charge on any atom is 0.402 e. The highest BCUT2D eigenvalue weighted by molar-refractivity contribution is 9.10. The standard InChI is InChI=1S/C28H25BrClF3N2O4/c1-27(2,28(31,32)33)26(38)34-15-17-6-10-22(30)20(12-17)25(37)35-19-9-11-24(39-3)21(14-19)23(36)13-16-4-7-18(29)8-5-16/h4-12,14H,13,15H2,1-3H3,(H,34,38)(H,35,37). The first kappa shape index (κ1) is 30.2. The van der Waals surface area contributed by atoms with Crippen LogP contribution in [0.2, 0.25) is 5.02 Å². The van der Waals surface area contributed by atoms with Crippen LogP contribution in [0, 0.1) is 5.41 Å². The van der Waals surface area contributed by atoms with E-state index >= 15 is 0 Å². The summed E-state index contributed by atoms with van der Waals surface area (Å²) < 4.78 is 45.6. The molecule has 0 atom stereocenters. The molecule has 206 valence electrons. The zero-order valence-electron chi connectivity index (χ0n) is 21.2. The molecule has 0 aliphatic rings. The number of halogens is 5. The molecule has 0 saturated heterocycles. The van der Waals surface area contributed by atoms with Crippen molar-refractivity contribution in [2.45, 2.75) is 33.0 Å². The van der Waals surface area contributed by atoms with Gasteiger partial charge >= 0.3 is 6.18 Å². The second kappa shape index (κ2) is 12.2. The van der Waals surface area contributed by atoms with E-state index in [1.165, 1.54) is 31.4 Å². The average molecular weight is 626 g/mol. The third kappa shape index (κ3) is 7.39. The number of Topliss-reactive ketones (excluding diaryl/α,β-unsaturated/α-hetero) is 1. The van der Waals surface area contributed by atoms with Gasteiger partial charge in [-0.3, -0.25) is 14.4 Å². The Hall–Kier alpha value is -3.37. The lowest BCUT2D eigenvalue weighted by Gasteiger charge is -2.26. The first-order chi connectivity index (χ1) is 18.2. The Balaban J connectivity index is 1.76. The topological polar surface area (TPSA) is 84.5 Å². The molecule has 2 amide bonds. The number of ether oxygens (including phenoxy) is 1. The van der Waals surface area contributed by atoms with Gasteiger partial charge in [0, 0.05) is 23.1 Å². The van der Waals surface area contributed by atoms with E-state index in [1.54, 1.807) is 12.1 Å². The van der Waals surface area contributed by atoms with Crippen LogP contribution in [0.15, 0.2) is 65.1 Å². The van der Waals surface area contributed by atoms with Gasteiger partial charge in [0.25, 0.3) is 5.91 Å². The average Bonchev–Trinajstić information content (AvgIpc) is 2.88. The van der Waals surface area contributed by atoms with E-state index in [2.05, 4.69) is 26.6 Å².